The van der Waals surface area contributed by atoms with E-state index in [0.29, 0.717) is 11.1 Å². The fraction of sp³-hybridized carbons (Fsp3) is 0.385. The van der Waals surface area contributed by atoms with E-state index in [9.17, 15) is 4.79 Å². The minimum Gasteiger partial charge on any atom is -0.342 e. The number of benzene rings is 1. The van der Waals surface area contributed by atoms with Gasteiger partial charge in [0.15, 0.2) is 0 Å². The maximum Gasteiger partial charge on any atom is 0.277 e. The predicted molar refractivity (Wildman–Crippen MR) is 69.4 cm³/mol. The van der Waals surface area contributed by atoms with Crippen LogP contribution in [0.15, 0.2) is 12.1 Å². The van der Waals surface area contributed by atoms with Crippen LogP contribution in [-0.2, 0) is 4.84 Å². The first-order chi connectivity index (χ1) is 8.52. The van der Waals surface area contributed by atoms with Crippen molar-refractivity contribution >= 4 is 16.9 Å². The van der Waals surface area contributed by atoms with Gasteiger partial charge in [-0.25, -0.2) is 10.5 Å². The van der Waals surface area contributed by atoms with Crippen LogP contribution in [0.1, 0.15) is 41.5 Å². The van der Waals surface area contributed by atoms with Crippen molar-refractivity contribution in [3.8, 4) is 0 Å². The first-order valence-corrected chi connectivity index (χ1v) is 5.86. The number of H-pyrrole nitrogens is 1. The van der Waals surface area contributed by atoms with Crippen LogP contribution in [-0.4, -0.2) is 23.0 Å². The molecule has 5 heteroatoms. The summed E-state index contributed by atoms with van der Waals surface area (Å²) in [5, 5.41) is 0. The van der Waals surface area contributed by atoms with Gasteiger partial charge < -0.3 is 4.98 Å². The molecule has 0 atom stereocenters. The second kappa shape index (κ2) is 4.78. The minimum absolute atomic E-state index is 0.284. The lowest BCUT2D eigenvalue weighted by Crippen LogP contribution is -2.22. The zero-order valence-electron chi connectivity index (χ0n) is 11.0. The zero-order chi connectivity index (χ0) is 13.3. The molecule has 0 radical (unpaired) electrons. The van der Waals surface area contributed by atoms with Gasteiger partial charge in [-0.05, 0) is 24.6 Å². The van der Waals surface area contributed by atoms with Gasteiger partial charge in [-0.2, -0.15) is 0 Å². The highest BCUT2D eigenvalue weighted by molar-refractivity contribution is 6.04. The standard InChI is InChI=1S/C13H17N3O2/c1-7(2)12-14-10-6-8(3)5-9(11(10)15-12)13(17)16-18-4/h5-7H,1-4H3,(H,14,15)(H,16,17). The van der Waals surface area contributed by atoms with Crippen LogP contribution in [0.3, 0.4) is 0 Å². The van der Waals surface area contributed by atoms with E-state index in [-0.39, 0.29) is 11.8 Å². The molecule has 1 aromatic carbocycles. The van der Waals surface area contributed by atoms with Crippen molar-refractivity contribution in [3.05, 3.63) is 29.1 Å². The summed E-state index contributed by atoms with van der Waals surface area (Å²) in [5.41, 5.74) is 5.41. The number of amides is 1. The van der Waals surface area contributed by atoms with Gasteiger partial charge in [0.05, 0.1) is 18.2 Å². The summed E-state index contributed by atoms with van der Waals surface area (Å²) in [5.74, 6) is 0.881. The summed E-state index contributed by atoms with van der Waals surface area (Å²) in [6, 6.07) is 3.79. The van der Waals surface area contributed by atoms with E-state index in [4.69, 9.17) is 0 Å². The van der Waals surface area contributed by atoms with E-state index < -0.39 is 0 Å². The highest BCUT2D eigenvalue weighted by atomic mass is 16.6. The number of hydrogen-bond acceptors (Lipinski definition) is 3. The van der Waals surface area contributed by atoms with Gasteiger partial charge >= 0.3 is 0 Å². The van der Waals surface area contributed by atoms with Crippen LogP contribution in [0.2, 0.25) is 0 Å². The average Bonchev–Trinajstić information content (AvgIpc) is 2.71. The first kappa shape index (κ1) is 12.6. The molecule has 0 bridgehead atoms. The van der Waals surface area contributed by atoms with Gasteiger partial charge in [0, 0.05) is 5.92 Å². The molecule has 0 unspecified atom stereocenters. The molecule has 0 saturated carbocycles. The fourth-order valence-corrected chi connectivity index (χ4v) is 1.88. The number of hydrogen-bond donors (Lipinski definition) is 2. The van der Waals surface area contributed by atoms with Crippen LogP contribution >= 0.6 is 0 Å². The van der Waals surface area contributed by atoms with Crippen molar-refractivity contribution in [3.63, 3.8) is 0 Å². The van der Waals surface area contributed by atoms with Crippen molar-refractivity contribution in [1.82, 2.24) is 15.4 Å². The van der Waals surface area contributed by atoms with Gasteiger partial charge in [-0.1, -0.05) is 13.8 Å². The Morgan fingerprint density at radius 2 is 2.17 bits per heavy atom. The molecule has 1 amide bonds. The van der Waals surface area contributed by atoms with Crippen LogP contribution in [0.25, 0.3) is 11.0 Å². The van der Waals surface area contributed by atoms with Crippen molar-refractivity contribution in [2.45, 2.75) is 26.7 Å². The average molecular weight is 247 g/mol. The lowest BCUT2D eigenvalue weighted by atomic mass is 10.1. The molecule has 2 N–H and O–H groups in total. The van der Waals surface area contributed by atoms with E-state index in [0.717, 1.165) is 16.9 Å². The van der Waals surface area contributed by atoms with Crippen molar-refractivity contribution in [2.24, 2.45) is 0 Å². The Balaban J connectivity index is 2.60. The minimum atomic E-state index is -0.284. The number of hydroxylamine groups is 1. The second-order valence-electron chi connectivity index (χ2n) is 4.62. The fourth-order valence-electron chi connectivity index (χ4n) is 1.88. The number of nitrogens with one attached hydrogen (secondary N) is 2. The van der Waals surface area contributed by atoms with Crippen molar-refractivity contribution in [1.29, 1.82) is 0 Å². The molecule has 0 aliphatic carbocycles. The van der Waals surface area contributed by atoms with E-state index in [1.165, 1.54) is 7.11 Å². The molecule has 2 rings (SSSR count). The molecule has 0 fully saturated rings. The van der Waals surface area contributed by atoms with Gasteiger partial charge in [0.1, 0.15) is 11.3 Å². The molecule has 5 nitrogen and oxygen atoms in total. The summed E-state index contributed by atoms with van der Waals surface area (Å²) in [6.07, 6.45) is 0. The molecule has 0 aliphatic heterocycles. The highest BCUT2D eigenvalue weighted by Gasteiger charge is 2.15. The predicted octanol–water partition coefficient (Wildman–Crippen LogP) is 2.29. The highest BCUT2D eigenvalue weighted by Crippen LogP contribution is 2.22. The summed E-state index contributed by atoms with van der Waals surface area (Å²) in [7, 11) is 1.41. The SMILES string of the molecule is CONC(=O)c1cc(C)cc2[nH]c(C(C)C)nc12. The van der Waals surface area contributed by atoms with Crippen molar-refractivity contribution < 1.29 is 9.63 Å². The molecule has 1 heterocycles. The van der Waals surface area contributed by atoms with E-state index in [1.54, 1.807) is 0 Å². The van der Waals surface area contributed by atoms with Gasteiger partial charge in [-0.3, -0.25) is 9.63 Å². The Morgan fingerprint density at radius 1 is 1.44 bits per heavy atom. The number of aryl methyl sites for hydroxylation is 1. The zero-order valence-corrected chi connectivity index (χ0v) is 11.0. The molecular weight excluding hydrogens is 230 g/mol. The Labute approximate surface area is 106 Å². The maximum absolute atomic E-state index is 11.9. The smallest absolute Gasteiger partial charge is 0.277 e. The summed E-state index contributed by atoms with van der Waals surface area (Å²) < 4.78 is 0. The molecule has 0 spiro atoms. The number of rotatable bonds is 3. The lowest BCUT2D eigenvalue weighted by molar-refractivity contribution is 0.0539. The molecule has 0 aliphatic rings. The van der Waals surface area contributed by atoms with Gasteiger partial charge in [-0.15, -0.1) is 0 Å². The molecular formula is C13H17N3O2. The Morgan fingerprint density at radius 3 is 2.78 bits per heavy atom. The van der Waals surface area contributed by atoms with Gasteiger partial charge in [0.2, 0.25) is 0 Å². The number of carbonyl (C=O) groups excluding carboxylic acids is 1. The number of nitrogens with zero attached hydrogens (tertiary/aromatic N) is 1. The molecule has 2 aromatic rings. The van der Waals surface area contributed by atoms with E-state index in [1.807, 2.05) is 19.1 Å². The van der Waals surface area contributed by atoms with Crippen LogP contribution < -0.4 is 5.48 Å². The largest absolute Gasteiger partial charge is 0.342 e. The second-order valence-corrected chi connectivity index (χ2v) is 4.62. The van der Waals surface area contributed by atoms with Crippen molar-refractivity contribution in [2.75, 3.05) is 7.11 Å². The summed E-state index contributed by atoms with van der Waals surface area (Å²) in [6.45, 7) is 6.05. The molecule has 18 heavy (non-hydrogen) atoms. The quantitative estimate of drug-likeness (QED) is 0.818. The Kier molecular flexibility index (Phi) is 3.34. The summed E-state index contributed by atoms with van der Waals surface area (Å²) in [4.78, 5) is 24.3. The Hall–Kier alpha value is -1.88. The molecule has 1 aromatic heterocycles. The maximum atomic E-state index is 11.9. The van der Waals surface area contributed by atoms with Gasteiger partial charge in [0.25, 0.3) is 5.91 Å². The number of fused-ring (bicyclic) bond motifs is 1. The number of imidazole rings is 1. The first-order valence-electron chi connectivity index (χ1n) is 5.86. The van der Waals surface area contributed by atoms with E-state index in [2.05, 4.69) is 34.1 Å². The number of aromatic nitrogens is 2. The monoisotopic (exact) mass is 247 g/mol. The molecule has 96 valence electrons. The van der Waals surface area contributed by atoms with Crippen LogP contribution in [0.4, 0.5) is 0 Å². The molecule has 0 saturated heterocycles. The van der Waals surface area contributed by atoms with E-state index >= 15 is 0 Å². The van der Waals surface area contributed by atoms with Crippen LogP contribution in [0.5, 0.6) is 0 Å². The third-order valence-corrected chi connectivity index (χ3v) is 2.74. The third kappa shape index (κ3) is 2.22. The third-order valence-electron chi connectivity index (χ3n) is 2.74. The van der Waals surface area contributed by atoms with Crippen LogP contribution in [0, 0.1) is 6.92 Å². The lowest BCUT2D eigenvalue weighted by Gasteiger charge is -2.03. The number of aromatic amines is 1. The number of carbonyl (C=O) groups is 1. The Bertz CT molecular complexity index is 587. The topological polar surface area (TPSA) is 67.0 Å². The normalized spacial score (nSPS) is 11.2. The summed E-state index contributed by atoms with van der Waals surface area (Å²) >= 11 is 0.